The van der Waals surface area contributed by atoms with Crippen molar-refractivity contribution >= 4 is 6.08 Å². The highest BCUT2D eigenvalue weighted by Gasteiger charge is 2.01. The van der Waals surface area contributed by atoms with Crippen LogP contribution in [0.3, 0.4) is 0 Å². The zero-order chi connectivity index (χ0) is 11.2. The van der Waals surface area contributed by atoms with Crippen LogP contribution in [-0.4, -0.2) is 0 Å². The maximum Gasteiger partial charge on any atom is 0.0867 e. The van der Waals surface area contributed by atoms with Gasteiger partial charge in [-0.05, 0) is 11.1 Å². The van der Waals surface area contributed by atoms with E-state index < -0.39 is 6.04 Å². The zero-order valence-corrected chi connectivity index (χ0v) is 8.95. The van der Waals surface area contributed by atoms with Gasteiger partial charge in [0, 0.05) is 0 Å². The van der Waals surface area contributed by atoms with Gasteiger partial charge in [-0.15, -0.1) is 5.73 Å². The van der Waals surface area contributed by atoms with Crippen molar-refractivity contribution in [3.63, 3.8) is 0 Å². The smallest absolute Gasteiger partial charge is 0.0867 e. The Hall–Kier alpha value is -1.86. The second-order valence-corrected chi connectivity index (χ2v) is 3.63. The van der Waals surface area contributed by atoms with Gasteiger partial charge in [-0.25, -0.2) is 0 Å². The average Bonchev–Trinajstić information content (AvgIpc) is 2.38. The predicted octanol–water partition coefficient (Wildman–Crippen LogP) is 3.51. The van der Waals surface area contributed by atoms with Gasteiger partial charge in [0.15, 0.2) is 0 Å². The van der Waals surface area contributed by atoms with E-state index in [9.17, 15) is 5.73 Å². The Kier molecular flexibility index (Phi) is 3.52. The van der Waals surface area contributed by atoms with E-state index in [1.54, 1.807) is 6.08 Å². The van der Waals surface area contributed by atoms with Crippen LogP contribution in [0.25, 0.3) is 6.08 Å². The van der Waals surface area contributed by atoms with E-state index in [1.807, 2.05) is 66.7 Å². The van der Waals surface area contributed by atoms with E-state index in [1.165, 1.54) is 0 Å². The van der Waals surface area contributed by atoms with Crippen molar-refractivity contribution in [1.29, 1.82) is 0 Å². The molecule has 0 amide bonds. The van der Waals surface area contributed by atoms with Gasteiger partial charge < -0.3 is 0 Å². The van der Waals surface area contributed by atoms with Crippen LogP contribution in [0.15, 0.2) is 66.7 Å². The normalized spacial score (nSPS) is 12.8. The molecule has 0 fully saturated rings. The predicted molar refractivity (Wildman–Crippen MR) is 66.8 cm³/mol. The highest BCUT2D eigenvalue weighted by atomic mass is 14.6. The molecule has 0 aliphatic rings. The van der Waals surface area contributed by atoms with Gasteiger partial charge in [-0.1, -0.05) is 72.8 Å². The molecule has 2 aromatic carbocycles. The lowest BCUT2D eigenvalue weighted by Crippen LogP contribution is -1.94. The second-order valence-electron chi connectivity index (χ2n) is 3.63. The molecule has 1 atom stereocenters. The fourth-order valence-corrected chi connectivity index (χ4v) is 1.53. The van der Waals surface area contributed by atoms with E-state index >= 15 is 0 Å². The van der Waals surface area contributed by atoms with Crippen LogP contribution >= 0.6 is 0 Å². The van der Waals surface area contributed by atoms with Crippen LogP contribution in [0.1, 0.15) is 17.2 Å². The van der Waals surface area contributed by atoms with Crippen LogP contribution in [0.2, 0.25) is 0 Å². The summed E-state index contributed by atoms with van der Waals surface area (Å²) in [5.74, 6) is 0. The second kappa shape index (κ2) is 5.29. The fraction of sp³-hybridized carbons (Fsp3) is 0.0667. The number of hydrogen-bond donors (Lipinski definition) is 0. The maximum absolute atomic E-state index is 9.90. The molecule has 78 valence electrons. The molecule has 0 aliphatic carbocycles. The third-order valence-corrected chi connectivity index (χ3v) is 2.41. The Morgan fingerprint density at radius 2 is 1.38 bits per heavy atom. The maximum atomic E-state index is 9.90. The Morgan fingerprint density at radius 3 is 2.00 bits per heavy atom. The van der Waals surface area contributed by atoms with Gasteiger partial charge in [0.1, 0.15) is 0 Å². The van der Waals surface area contributed by atoms with Crippen molar-refractivity contribution in [2.45, 2.75) is 6.04 Å². The molecule has 2 rings (SSSR count). The fourth-order valence-electron chi connectivity index (χ4n) is 1.53. The van der Waals surface area contributed by atoms with Gasteiger partial charge in [0.25, 0.3) is 0 Å². The van der Waals surface area contributed by atoms with Crippen LogP contribution in [0, 0.1) is 0 Å². The van der Waals surface area contributed by atoms with Crippen LogP contribution in [0.4, 0.5) is 0 Å². The molecule has 2 aromatic rings. The van der Waals surface area contributed by atoms with Crippen molar-refractivity contribution in [3.05, 3.63) is 77.9 Å². The summed E-state index contributed by atoms with van der Waals surface area (Å²) in [5, 5.41) is 0. The third kappa shape index (κ3) is 2.81. The first-order chi connectivity index (χ1) is 7.86. The summed E-state index contributed by atoms with van der Waals surface area (Å²) < 4.78 is 0. The topological polar surface area (TPSA) is 22.3 Å². The minimum absolute atomic E-state index is 0.540. The van der Waals surface area contributed by atoms with Gasteiger partial charge in [0.05, 0.1) is 6.04 Å². The van der Waals surface area contributed by atoms with E-state index in [0.29, 0.717) is 0 Å². The van der Waals surface area contributed by atoms with Crippen LogP contribution in [0.5, 0.6) is 0 Å². The average molecular weight is 207 g/mol. The summed E-state index contributed by atoms with van der Waals surface area (Å²) in [6.07, 6.45) is 3.72. The standard InChI is InChI=1S/C15H13N/c16-15(14-9-5-2-6-10-14)12-11-13-7-3-1-4-8-13/h1-12,15H. The Bertz CT molecular complexity index is 445. The molecular formula is C15H13N. The molecule has 0 saturated heterocycles. The molecule has 0 aliphatic heterocycles. The Labute approximate surface area is 96.2 Å². The first-order valence-electron chi connectivity index (χ1n) is 5.32. The third-order valence-electron chi connectivity index (χ3n) is 2.41. The minimum Gasteiger partial charge on any atom is -0.131 e. The van der Waals surface area contributed by atoms with Crippen molar-refractivity contribution in [1.82, 2.24) is 5.73 Å². The number of nitrogens with zero attached hydrogens (tertiary/aromatic N) is 1. The molecule has 1 heteroatoms. The first-order valence-corrected chi connectivity index (χ1v) is 5.32. The molecule has 0 saturated carbocycles. The summed E-state index contributed by atoms with van der Waals surface area (Å²) in [4.78, 5) is 0. The Morgan fingerprint density at radius 1 is 0.812 bits per heavy atom. The zero-order valence-electron chi connectivity index (χ0n) is 8.95. The highest BCUT2D eigenvalue weighted by Crippen LogP contribution is 2.14. The molecule has 0 heterocycles. The largest absolute Gasteiger partial charge is 0.131 e. The molecule has 0 aromatic heterocycles. The monoisotopic (exact) mass is 207 g/mol. The summed E-state index contributed by atoms with van der Waals surface area (Å²) in [5.41, 5.74) is 11.9. The summed E-state index contributed by atoms with van der Waals surface area (Å²) in [7, 11) is 0. The first kappa shape index (κ1) is 10.7. The summed E-state index contributed by atoms with van der Waals surface area (Å²) in [6.45, 7) is 0. The molecule has 0 spiro atoms. The molecule has 16 heavy (non-hydrogen) atoms. The molecule has 1 unspecified atom stereocenters. The van der Waals surface area contributed by atoms with Gasteiger partial charge >= 0.3 is 0 Å². The van der Waals surface area contributed by atoms with Gasteiger partial charge in [0.2, 0.25) is 0 Å². The van der Waals surface area contributed by atoms with E-state index in [-0.39, 0.29) is 0 Å². The number of hydrogen-bond acceptors (Lipinski definition) is 0. The molecule has 1 nitrogen and oxygen atoms in total. The number of benzene rings is 2. The molecule has 0 N–H and O–H groups in total. The van der Waals surface area contributed by atoms with Gasteiger partial charge in [-0.3, -0.25) is 0 Å². The minimum atomic E-state index is -0.540. The van der Waals surface area contributed by atoms with Gasteiger partial charge in [-0.2, -0.15) is 0 Å². The van der Waals surface area contributed by atoms with E-state index in [2.05, 4.69) is 0 Å². The lowest BCUT2D eigenvalue weighted by molar-refractivity contribution is 0.880. The molecular weight excluding hydrogens is 194 g/mol. The van der Waals surface area contributed by atoms with E-state index in [0.717, 1.165) is 11.1 Å². The van der Waals surface area contributed by atoms with Crippen molar-refractivity contribution in [2.24, 2.45) is 0 Å². The lowest BCUT2D eigenvalue weighted by atomic mass is 10.1. The highest BCUT2D eigenvalue weighted by molar-refractivity contribution is 5.50. The van der Waals surface area contributed by atoms with E-state index in [4.69, 9.17) is 0 Å². The Balaban J connectivity index is 2.08. The summed E-state index contributed by atoms with van der Waals surface area (Å²) in [6, 6.07) is 19.0. The van der Waals surface area contributed by atoms with Crippen molar-refractivity contribution < 1.29 is 0 Å². The van der Waals surface area contributed by atoms with Crippen molar-refractivity contribution in [3.8, 4) is 0 Å². The van der Waals surface area contributed by atoms with Crippen LogP contribution < -0.4 is 5.73 Å². The van der Waals surface area contributed by atoms with Crippen LogP contribution in [-0.2, 0) is 0 Å². The molecule has 0 bridgehead atoms. The van der Waals surface area contributed by atoms with Crippen molar-refractivity contribution in [2.75, 3.05) is 0 Å². The summed E-state index contributed by atoms with van der Waals surface area (Å²) >= 11 is 0. The SMILES string of the molecule is [N]C(C=Cc1ccccc1)c1ccccc1. The quantitative estimate of drug-likeness (QED) is 0.735. The lowest BCUT2D eigenvalue weighted by Gasteiger charge is -2.03. The molecule has 2 radical (unpaired) electrons. The number of rotatable bonds is 3.